The molecule has 2 aromatic carbocycles. The molecule has 1 saturated carbocycles. The summed E-state index contributed by atoms with van der Waals surface area (Å²) in [7, 11) is -8.46. The van der Waals surface area contributed by atoms with Crippen LogP contribution < -0.4 is 9.44 Å². The largest absolute Gasteiger partial charge is 0.481 e. The second-order valence-corrected chi connectivity index (χ2v) is 12.7. The molecule has 0 saturated heterocycles. The van der Waals surface area contributed by atoms with Gasteiger partial charge in [0.25, 0.3) is 0 Å². The molecule has 16 heteroatoms. The van der Waals surface area contributed by atoms with Crippen molar-refractivity contribution in [3.8, 4) is 0 Å². The fourth-order valence-electron chi connectivity index (χ4n) is 4.63. The Bertz CT molecular complexity index is 1410. The van der Waals surface area contributed by atoms with Crippen LogP contribution in [0.2, 0.25) is 0 Å². The summed E-state index contributed by atoms with van der Waals surface area (Å²) in [6.45, 7) is 2.26. The molecule has 1 aliphatic carbocycles. The summed E-state index contributed by atoms with van der Waals surface area (Å²) < 4.78 is 53.7. The fourth-order valence-corrected chi connectivity index (χ4v) is 7.03. The molecular weight excluding hydrogens is 572 g/mol. The maximum atomic E-state index is 12.4. The fraction of sp³-hybridized carbons (Fsp3) is 0.333. The number of benzene rings is 2. The van der Waals surface area contributed by atoms with Crippen molar-refractivity contribution < 1.29 is 56.4 Å². The van der Waals surface area contributed by atoms with Crippen LogP contribution in [0.3, 0.4) is 0 Å². The minimum Gasteiger partial charge on any atom is -0.481 e. The number of sulfonamides is 2. The maximum Gasteiger partial charge on any atom is 0.321 e. The van der Waals surface area contributed by atoms with E-state index in [2.05, 4.69) is 0 Å². The van der Waals surface area contributed by atoms with E-state index in [1.54, 1.807) is 0 Å². The van der Waals surface area contributed by atoms with Crippen molar-refractivity contribution in [2.75, 3.05) is 0 Å². The van der Waals surface area contributed by atoms with Crippen LogP contribution in [-0.2, 0) is 39.2 Å². The van der Waals surface area contributed by atoms with Gasteiger partial charge in [-0.1, -0.05) is 24.3 Å². The number of hydrogen-bond acceptors (Lipinski definition) is 8. The molecule has 3 rings (SSSR count). The normalized spacial score (nSPS) is 22.4. The third-order valence-electron chi connectivity index (χ3n) is 6.67. The van der Waals surface area contributed by atoms with E-state index in [9.17, 15) is 46.2 Å². The molecule has 0 radical (unpaired) electrons. The molecule has 2 aromatic rings. The van der Waals surface area contributed by atoms with Crippen LogP contribution >= 0.6 is 0 Å². The summed E-state index contributed by atoms with van der Waals surface area (Å²) in [5, 5.41) is 37.8. The summed E-state index contributed by atoms with van der Waals surface area (Å²) in [4.78, 5) is 45.8. The number of rotatable bonds is 12. The van der Waals surface area contributed by atoms with E-state index >= 15 is 0 Å². The molecule has 0 aromatic heterocycles. The highest BCUT2D eigenvalue weighted by Gasteiger charge is 2.58. The molecule has 14 nitrogen and oxygen atoms in total. The number of carboxylic acids is 4. The van der Waals surface area contributed by atoms with Gasteiger partial charge in [-0.25, -0.2) is 16.8 Å². The van der Waals surface area contributed by atoms with Crippen molar-refractivity contribution in [2.24, 2.45) is 11.8 Å². The molecule has 1 aliphatic rings. The quantitative estimate of drug-likeness (QED) is 0.195. The standard InChI is InChI=1S/C24H26N2O12S2/c1-11(21(27)28)25-39(35,36)15-7-3-13(4-8-15)17-19(23(31)32)18(20(17)24(33)34)14-5-9-16(10-6-14)40(37,38)26-12(2)22(29)30/h3-12,17-20,25-26H,1-2H3,(H,27,28)(H,29,30)(H,31,32)(H,33,34)/t11-,12-,17?,18?,19?,20?/m0/s1. The van der Waals surface area contributed by atoms with Gasteiger partial charge in [0.2, 0.25) is 20.0 Å². The first-order valence-electron chi connectivity index (χ1n) is 11.6. The summed E-state index contributed by atoms with van der Waals surface area (Å²) in [5.41, 5.74) is 0.458. The van der Waals surface area contributed by atoms with Crippen LogP contribution in [0.25, 0.3) is 0 Å². The molecule has 6 N–H and O–H groups in total. The Morgan fingerprint density at radius 2 is 0.875 bits per heavy atom. The first kappa shape index (κ1) is 30.7. The predicted octanol–water partition coefficient (Wildman–Crippen LogP) is 0.472. The predicted molar refractivity (Wildman–Crippen MR) is 135 cm³/mol. The van der Waals surface area contributed by atoms with Gasteiger partial charge in [-0.15, -0.1) is 0 Å². The van der Waals surface area contributed by atoms with Crippen LogP contribution in [0, 0.1) is 11.8 Å². The van der Waals surface area contributed by atoms with E-state index in [-0.39, 0.29) is 20.9 Å². The molecule has 0 spiro atoms. The van der Waals surface area contributed by atoms with Gasteiger partial charge in [0, 0.05) is 11.8 Å². The lowest BCUT2D eigenvalue weighted by Gasteiger charge is -2.48. The molecule has 0 bridgehead atoms. The molecule has 216 valence electrons. The van der Waals surface area contributed by atoms with Crippen LogP contribution in [0.15, 0.2) is 58.3 Å². The van der Waals surface area contributed by atoms with Crippen molar-refractivity contribution in [1.82, 2.24) is 9.44 Å². The van der Waals surface area contributed by atoms with E-state index < -0.39 is 79.7 Å². The van der Waals surface area contributed by atoms with Crippen LogP contribution in [0.1, 0.15) is 36.8 Å². The van der Waals surface area contributed by atoms with Gasteiger partial charge in [0.15, 0.2) is 0 Å². The molecule has 40 heavy (non-hydrogen) atoms. The summed E-state index contributed by atoms with van der Waals surface area (Å²) in [5.74, 6) is -10.1. The Hall–Kier alpha value is -3.86. The van der Waals surface area contributed by atoms with E-state index in [0.29, 0.717) is 0 Å². The SMILES string of the molecule is C[C@H](NS(=O)(=O)c1ccc(C2C(C(=O)O)C(c3ccc(S(=O)(=O)N[C@@H](C)C(=O)O)cc3)C2C(=O)O)cc1)C(=O)O. The average molecular weight is 599 g/mol. The van der Waals surface area contributed by atoms with Gasteiger partial charge in [0.1, 0.15) is 12.1 Å². The van der Waals surface area contributed by atoms with Crippen molar-refractivity contribution >= 4 is 43.9 Å². The van der Waals surface area contributed by atoms with Gasteiger partial charge < -0.3 is 20.4 Å². The lowest BCUT2D eigenvalue weighted by Crippen LogP contribution is -2.50. The highest BCUT2D eigenvalue weighted by atomic mass is 32.2. The van der Waals surface area contributed by atoms with Gasteiger partial charge in [-0.05, 0) is 49.2 Å². The zero-order valence-electron chi connectivity index (χ0n) is 21.0. The first-order valence-corrected chi connectivity index (χ1v) is 14.6. The molecule has 0 unspecified atom stereocenters. The van der Waals surface area contributed by atoms with Crippen LogP contribution in [0.4, 0.5) is 0 Å². The van der Waals surface area contributed by atoms with Gasteiger partial charge in [-0.3, -0.25) is 19.2 Å². The third kappa shape index (κ3) is 6.14. The Kier molecular flexibility index (Phi) is 8.69. The van der Waals surface area contributed by atoms with Gasteiger partial charge >= 0.3 is 23.9 Å². The van der Waals surface area contributed by atoms with E-state index in [4.69, 9.17) is 10.2 Å². The van der Waals surface area contributed by atoms with Crippen molar-refractivity contribution in [2.45, 2.75) is 47.6 Å². The molecule has 1 fully saturated rings. The summed E-state index contributed by atoms with van der Waals surface area (Å²) >= 11 is 0. The second-order valence-electron chi connectivity index (χ2n) is 9.28. The monoisotopic (exact) mass is 598 g/mol. The zero-order valence-corrected chi connectivity index (χ0v) is 22.6. The molecule has 2 atom stereocenters. The Morgan fingerprint density at radius 3 is 1.10 bits per heavy atom. The third-order valence-corrected chi connectivity index (χ3v) is 9.79. The van der Waals surface area contributed by atoms with Crippen molar-refractivity contribution in [3.63, 3.8) is 0 Å². The number of hydrogen-bond donors (Lipinski definition) is 6. The van der Waals surface area contributed by atoms with Crippen molar-refractivity contribution in [3.05, 3.63) is 59.7 Å². The van der Waals surface area contributed by atoms with Gasteiger partial charge in [0.05, 0.1) is 21.6 Å². The summed E-state index contributed by atoms with van der Waals surface area (Å²) in [6, 6.07) is 6.67. The second kappa shape index (κ2) is 11.3. The number of carboxylic acid groups (broad SMARTS) is 4. The molecule has 0 aliphatic heterocycles. The molecular formula is C24H26N2O12S2. The van der Waals surface area contributed by atoms with E-state index in [1.807, 2.05) is 9.44 Å². The molecule has 0 amide bonds. The Balaban J connectivity index is 1.91. The topological polar surface area (TPSA) is 242 Å². The van der Waals surface area contributed by atoms with Crippen molar-refractivity contribution in [1.29, 1.82) is 0 Å². The van der Waals surface area contributed by atoms with Gasteiger partial charge in [-0.2, -0.15) is 9.44 Å². The summed E-state index contributed by atoms with van der Waals surface area (Å²) in [6.07, 6.45) is 0. The highest BCUT2D eigenvalue weighted by molar-refractivity contribution is 7.89. The first-order chi connectivity index (χ1) is 18.5. The number of aliphatic carboxylic acids is 4. The maximum absolute atomic E-state index is 12.4. The Labute approximate surface area is 228 Å². The Morgan fingerprint density at radius 1 is 0.600 bits per heavy atom. The van der Waals surface area contributed by atoms with Crippen LogP contribution in [0.5, 0.6) is 0 Å². The lowest BCUT2D eigenvalue weighted by atomic mass is 9.52. The molecule has 0 heterocycles. The van der Waals surface area contributed by atoms with E-state index in [1.165, 1.54) is 24.3 Å². The minimum atomic E-state index is -4.23. The smallest absolute Gasteiger partial charge is 0.321 e. The highest BCUT2D eigenvalue weighted by Crippen LogP contribution is 2.57. The number of carbonyl (C=O) groups is 4. The zero-order chi connectivity index (χ0) is 30.2. The van der Waals surface area contributed by atoms with E-state index in [0.717, 1.165) is 38.1 Å². The minimum absolute atomic E-state index is 0.229. The number of nitrogens with one attached hydrogen (secondary N) is 2. The average Bonchev–Trinajstić information content (AvgIpc) is 2.83. The lowest BCUT2D eigenvalue weighted by molar-refractivity contribution is -0.160. The van der Waals surface area contributed by atoms with Crippen LogP contribution in [-0.4, -0.2) is 73.2 Å².